The minimum atomic E-state index is 0.290. The number of ketones is 1. The van der Waals surface area contributed by atoms with Crippen molar-refractivity contribution in [1.29, 1.82) is 0 Å². The van der Waals surface area contributed by atoms with E-state index in [1.54, 1.807) is 0 Å². The quantitative estimate of drug-likeness (QED) is 0.747. The van der Waals surface area contributed by atoms with Gasteiger partial charge in [-0.05, 0) is 63.0 Å². The van der Waals surface area contributed by atoms with Crippen molar-refractivity contribution in [3.63, 3.8) is 0 Å². The number of carbonyl (C=O) groups excluding carboxylic acids is 1. The molecule has 2 fully saturated rings. The molecule has 2 aromatic rings. The van der Waals surface area contributed by atoms with Crippen LogP contribution in [0.5, 0.6) is 0 Å². The Bertz CT molecular complexity index is 666. The molecule has 0 aliphatic carbocycles. The van der Waals surface area contributed by atoms with Gasteiger partial charge in [-0.3, -0.25) is 14.6 Å². The minimum Gasteiger partial charge on any atom is -0.299 e. The fourth-order valence-electron chi connectivity index (χ4n) is 4.77. The molecule has 0 N–H and O–H groups in total. The molecule has 2 aliphatic heterocycles. The summed E-state index contributed by atoms with van der Waals surface area (Å²) in [6, 6.07) is 21.3. The molecule has 4 rings (SSSR count). The molecule has 0 unspecified atom stereocenters. The number of hydrogen-bond donors (Lipinski definition) is 0. The molecular weight excluding hydrogens is 344 g/mol. The molecule has 148 valence electrons. The highest BCUT2D eigenvalue weighted by atomic mass is 16.1. The molecule has 2 aromatic carbocycles. The summed E-state index contributed by atoms with van der Waals surface area (Å²) in [5, 5.41) is 0. The summed E-state index contributed by atoms with van der Waals surface area (Å²) in [5.74, 6) is 1.13. The normalized spacial score (nSPS) is 20.3. The van der Waals surface area contributed by atoms with Crippen LogP contribution in [0.1, 0.15) is 36.8 Å². The lowest BCUT2D eigenvalue weighted by Gasteiger charge is -2.36. The van der Waals surface area contributed by atoms with E-state index in [-0.39, 0.29) is 11.8 Å². The lowest BCUT2D eigenvalue weighted by molar-refractivity contribution is -0.129. The fourth-order valence-corrected chi connectivity index (χ4v) is 4.77. The minimum absolute atomic E-state index is 0.290. The molecule has 3 nitrogen and oxygen atoms in total. The Morgan fingerprint density at radius 2 is 1.00 bits per heavy atom. The van der Waals surface area contributed by atoms with Crippen LogP contribution in [0.3, 0.4) is 0 Å². The molecule has 0 atom stereocenters. The summed E-state index contributed by atoms with van der Waals surface area (Å²) < 4.78 is 0. The van der Waals surface area contributed by atoms with E-state index in [2.05, 4.69) is 70.5 Å². The number of rotatable bonds is 6. The van der Waals surface area contributed by atoms with Gasteiger partial charge in [-0.25, -0.2) is 0 Å². The van der Waals surface area contributed by atoms with Crippen molar-refractivity contribution in [1.82, 2.24) is 9.80 Å². The van der Waals surface area contributed by atoms with Crippen LogP contribution in [0.2, 0.25) is 0 Å². The smallest absolute Gasteiger partial charge is 0.139 e. The van der Waals surface area contributed by atoms with Crippen LogP contribution >= 0.6 is 0 Å². The molecule has 3 heteroatoms. The number of hydrogen-bond acceptors (Lipinski definition) is 3. The summed E-state index contributed by atoms with van der Waals surface area (Å²) in [4.78, 5) is 18.0. The fraction of sp³-hybridized carbons (Fsp3) is 0.480. The van der Waals surface area contributed by atoms with Crippen molar-refractivity contribution in [3.8, 4) is 0 Å². The first-order valence-corrected chi connectivity index (χ1v) is 10.8. The van der Waals surface area contributed by atoms with E-state index >= 15 is 0 Å². The number of piperidine rings is 2. The van der Waals surface area contributed by atoms with Crippen LogP contribution in [0.4, 0.5) is 0 Å². The van der Waals surface area contributed by atoms with Gasteiger partial charge in [0, 0.05) is 24.9 Å². The molecule has 0 bridgehead atoms. The third kappa shape index (κ3) is 5.09. The van der Waals surface area contributed by atoms with Gasteiger partial charge in [0.25, 0.3) is 0 Å². The van der Waals surface area contributed by atoms with Gasteiger partial charge in [-0.15, -0.1) is 0 Å². The van der Waals surface area contributed by atoms with E-state index in [4.69, 9.17) is 0 Å². The van der Waals surface area contributed by atoms with E-state index in [1.807, 2.05) is 0 Å². The number of benzene rings is 2. The summed E-state index contributed by atoms with van der Waals surface area (Å²) in [6.45, 7) is 6.24. The van der Waals surface area contributed by atoms with Gasteiger partial charge >= 0.3 is 0 Å². The standard InChI is InChI=1S/C25H32N2O/c28-25(23-11-15-26(16-12-23)19-21-7-3-1-4-8-21)24-13-17-27(18-14-24)20-22-9-5-2-6-10-22/h1-10,23-24H,11-20H2. The Labute approximate surface area is 169 Å². The Morgan fingerprint density at radius 1 is 0.643 bits per heavy atom. The molecule has 28 heavy (non-hydrogen) atoms. The SMILES string of the molecule is O=C(C1CCN(Cc2ccccc2)CC1)C1CCN(Cc2ccccc2)CC1. The number of nitrogens with zero attached hydrogens (tertiary/aromatic N) is 2. The zero-order chi connectivity index (χ0) is 19.2. The van der Waals surface area contributed by atoms with Crippen molar-refractivity contribution in [3.05, 3.63) is 71.8 Å². The highest BCUT2D eigenvalue weighted by Gasteiger charge is 2.32. The largest absolute Gasteiger partial charge is 0.299 e. The Morgan fingerprint density at radius 3 is 1.36 bits per heavy atom. The molecule has 2 aliphatic rings. The van der Waals surface area contributed by atoms with Crippen molar-refractivity contribution in [2.45, 2.75) is 38.8 Å². The molecular formula is C25H32N2O. The van der Waals surface area contributed by atoms with Crippen LogP contribution < -0.4 is 0 Å². The summed E-state index contributed by atoms with van der Waals surface area (Å²) in [7, 11) is 0. The third-order valence-electron chi connectivity index (χ3n) is 6.48. The van der Waals surface area contributed by atoms with Gasteiger partial charge < -0.3 is 0 Å². The van der Waals surface area contributed by atoms with Gasteiger partial charge in [0.15, 0.2) is 0 Å². The monoisotopic (exact) mass is 376 g/mol. The zero-order valence-electron chi connectivity index (χ0n) is 16.8. The average Bonchev–Trinajstić information content (AvgIpc) is 2.76. The van der Waals surface area contributed by atoms with Gasteiger partial charge in [-0.1, -0.05) is 60.7 Å². The van der Waals surface area contributed by atoms with Crippen LogP contribution in [-0.2, 0) is 17.9 Å². The van der Waals surface area contributed by atoms with E-state index in [0.717, 1.165) is 65.0 Å². The second kappa shape index (κ2) is 9.49. The lowest BCUT2D eigenvalue weighted by Crippen LogP contribution is -2.41. The molecule has 0 radical (unpaired) electrons. The van der Waals surface area contributed by atoms with Crippen LogP contribution in [0.15, 0.2) is 60.7 Å². The maximum absolute atomic E-state index is 13.0. The molecule has 2 heterocycles. The highest BCUT2D eigenvalue weighted by molar-refractivity contribution is 5.83. The first-order chi connectivity index (χ1) is 13.8. The third-order valence-corrected chi connectivity index (χ3v) is 6.48. The van der Waals surface area contributed by atoms with Gasteiger partial charge in [0.2, 0.25) is 0 Å². The first-order valence-electron chi connectivity index (χ1n) is 10.8. The molecule has 2 saturated heterocycles. The molecule has 0 aromatic heterocycles. The number of Topliss-reactive ketones (excluding diaryl/α,β-unsaturated/α-hetero) is 1. The Hall–Kier alpha value is -1.97. The maximum Gasteiger partial charge on any atom is 0.139 e. The first kappa shape index (κ1) is 19.4. The zero-order valence-corrected chi connectivity index (χ0v) is 16.8. The van der Waals surface area contributed by atoms with Gasteiger partial charge in [-0.2, -0.15) is 0 Å². The van der Waals surface area contributed by atoms with E-state index < -0.39 is 0 Å². The van der Waals surface area contributed by atoms with Crippen molar-refractivity contribution in [2.75, 3.05) is 26.2 Å². The van der Waals surface area contributed by atoms with Gasteiger partial charge in [0.1, 0.15) is 5.78 Å². The predicted octanol–water partition coefficient (Wildman–Crippen LogP) is 4.38. The Balaban J connectivity index is 1.20. The molecule has 0 amide bonds. The summed E-state index contributed by atoms with van der Waals surface area (Å²) >= 11 is 0. The Kier molecular flexibility index (Phi) is 6.56. The average molecular weight is 377 g/mol. The van der Waals surface area contributed by atoms with Gasteiger partial charge in [0.05, 0.1) is 0 Å². The van der Waals surface area contributed by atoms with Crippen LogP contribution in [0, 0.1) is 11.8 Å². The van der Waals surface area contributed by atoms with Crippen molar-refractivity contribution >= 4 is 5.78 Å². The molecule has 0 saturated carbocycles. The van der Waals surface area contributed by atoms with E-state index in [9.17, 15) is 4.79 Å². The maximum atomic E-state index is 13.0. The van der Waals surface area contributed by atoms with E-state index in [1.165, 1.54) is 11.1 Å². The number of likely N-dealkylation sites (tertiary alicyclic amines) is 2. The van der Waals surface area contributed by atoms with Crippen LogP contribution in [0.25, 0.3) is 0 Å². The predicted molar refractivity (Wildman–Crippen MR) is 114 cm³/mol. The summed E-state index contributed by atoms with van der Waals surface area (Å²) in [6.07, 6.45) is 4.15. The second-order valence-corrected chi connectivity index (χ2v) is 8.47. The second-order valence-electron chi connectivity index (χ2n) is 8.47. The van der Waals surface area contributed by atoms with E-state index in [0.29, 0.717) is 5.78 Å². The topological polar surface area (TPSA) is 23.6 Å². The van der Waals surface area contributed by atoms with Crippen molar-refractivity contribution < 1.29 is 4.79 Å². The van der Waals surface area contributed by atoms with Crippen molar-refractivity contribution in [2.24, 2.45) is 11.8 Å². The number of carbonyl (C=O) groups is 1. The summed E-state index contributed by atoms with van der Waals surface area (Å²) in [5.41, 5.74) is 2.75. The molecule has 0 spiro atoms. The highest BCUT2D eigenvalue weighted by Crippen LogP contribution is 2.28. The lowest BCUT2D eigenvalue weighted by atomic mass is 9.81. The van der Waals surface area contributed by atoms with Crippen LogP contribution in [-0.4, -0.2) is 41.8 Å².